The first-order valence-electron chi connectivity index (χ1n) is 6.85. The van der Waals surface area contributed by atoms with Gasteiger partial charge in [0, 0.05) is 12.6 Å². The number of hydrogen-bond acceptors (Lipinski definition) is 3. The highest BCUT2D eigenvalue weighted by Gasteiger charge is 2.17. The molecule has 7 heteroatoms. The second-order valence-corrected chi connectivity index (χ2v) is 6.86. The van der Waals surface area contributed by atoms with Crippen LogP contribution in [0, 0.1) is 19.7 Å². The smallest absolute Gasteiger partial charge is 0.262 e. The first kappa shape index (κ1) is 17.0. The standard InChI is InChI=1S/C16H17FN2O3S/c1-10-6-13(17)9-14(7-10)23(21,22)19-15-5-4-12(8-11(15)2)16(20)18-3/h4-9,19H,1-3H3,(H,18,20). The molecule has 0 aliphatic rings. The minimum atomic E-state index is -3.91. The van der Waals surface area contributed by atoms with Gasteiger partial charge in [0.25, 0.3) is 15.9 Å². The fourth-order valence-corrected chi connectivity index (χ4v) is 3.37. The van der Waals surface area contributed by atoms with Crippen molar-refractivity contribution >= 4 is 21.6 Å². The minimum absolute atomic E-state index is 0.148. The fraction of sp³-hybridized carbons (Fsp3) is 0.188. The molecule has 0 atom stereocenters. The number of sulfonamides is 1. The lowest BCUT2D eigenvalue weighted by Gasteiger charge is -2.12. The van der Waals surface area contributed by atoms with Crippen LogP contribution in [0.5, 0.6) is 0 Å². The Morgan fingerprint density at radius 1 is 1.09 bits per heavy atom. The summed E-state index contributed by atoms with van der Waals surface area (Å²) in [5, 5.41) is 2.50. The van der Waals surface area contributed by atoms with Crippen LogP contribution in [0.2, 0.25) is 0 Å². The summed E-state index contributed by atoms with van der Waals surface area (Å²) in [4.78, 5) is 11.4. The molecule has 2 aromatic rings. The number of anilines is 1. The van der Waals surface area contributed by atoms with Crippen LogP contribution >= 0.6 is 0 Å². The SMILES string of the molecule is CNC(=O)c1ccc(NS(=O)(=O)c2cc(C)cc(F)c2)c(C)c1. The lowest BCUT2D eigenvalue weighted by Crippen LogP contribution is -2.18. The Kier molecular flexibility index (Phi) is 4.70. The van der Waals surface area contributed by atoms with E-state index in [1.807, 2.05) is 0 Å². The monoisotopic (exact) mass is 336 g/mol. The van der Waals surface area contributed by atoms with Gasteiger partial charge in [-0.05, 0) is 61.4 Å². The average Bonchev–Trinajstić information content (AvgIpc) is 2.47. The third-order valence-electron chi connectivity index (χ3n) is 3.29. The maximum Gasteiger partial charge on any atom is 0.262 e. The van der Waals surface area contributed by atoms with Crippen LogP contribution in [0.15, 0.2) is 41.3 Å². The normalized spacial score (nSPS) is 11.1. The van der Waals surface area contributed by atoms with E-state index in [4.69, 9.17) is 0 Å². The molecule has 0 radical (unpaired) electrons. The van der Waals surface area contributed by atoms with E-state index < -0.39 is 15.8 Å². The number of carbonyl (C=O) groups is 1. The van der Waals surface area contributed by atoms with Gasteiger partial charge in [-0.3, -0.25) is 9.52 Å². The Labute approximate surface area is 134 Å². The summed E-state index contributed by atoms with van der Waals surface area (Å²) in [6, 6.07) is 8.20. The summed E-state index contributed by atoms with van der Waals surface area (Å²) in [7, 11) is -2.40. The number of amides is 1. The molecule has 0 unspecified atom stereocenters. The van der Waals surface area contributed by atoms with Crippen LogP contribution in [-0.4, -0.2) is 21.4 Å². The Hall–Kier alpha value is -2.41. The van der Waals surface area contributed by atoms with E-state index in [0.717, 1.165) is 6.07 Å². The zero-order valence-corrected chi connectivity index (χ0v) is 13.8. The van der Waals surface area contributed by atoms with Crippen LogP contribution in [-0.2, 0) is 10.0 Å². The zero-order valence-electron chi connectivity index (χ0n) is 13.0. The van der Waals surface area contributed by atoms with Crippen molar-refractivity contribution in [2.45, 2.75) is 18.7 Å². The van der Waals surface area contributed by atoms with E-state index in [9.17, 15) is 17.6 Å². The molecule has 0 heterocycles. The van der Waals surface area contributed by atoms with E-state index >= 15 is 0 Å². The van der Waals surface area contributed by atoms with Crippen molar-refractivity contribution in [3.63, 3.8) is 0 Å². The summed E-state index contributed by atoms with van der Waals surface area (Å²) in [5.41, 5.74) is 1.86. The predicted molar refractivity (Wildman–Crippen MR) is 86.5 cm³/mol. The van der Waals surface area contributed by atoms with Crippen molar-refractivity contribution in [3.8, 4) is 0 Å². The maximum atomic E-state index is 13.4. The first-order valence-corrected chi connectivity index (χ1v) is 8.34. The molecule has 0 aliphatic carbocycles. The summed E-state index contributed by atoms with van der Waals surface area (Å²) in [6.45, 7) is 3.30. The van der Waals surface area contributed by atoms with Gasteiger partial charge >= 0.3 is 0 Å². The number of nitrogens with one attached hydrogen (secondary N) is 2. The van der Waals surface area contributed by atoms with Crippen LogP contribution in [0.4, 0.5) is 10.1 Å². The second-order valence-electron chi connectivity index (χ2n) is 5.18. The van der Waals surface area contributed by atoms with E-state index in [0.29, 0.717) is 22.4 Å². The molecule has 0 bridgehead atoms. The third kappa shape index (κ3) is 3.87. The fourth-order valence-electron chi connectivity index (χ4n) is 2.13. The van der Waals surface area contributed by atoms with E-state index in [-0.39, 0.29) is 10.8 Å². The van der Waals surface area contributed by atoms with Crippen molar-refractivity contribution in [2.75, 3.05) is 11.8 Å². The van der Waals surface area contributed by atoms with Gasteiger partial charge in [0.05, 0.1) is 10.6 Å². The van der Waals surface area contributed by atoms with Gasteiger partial charge < -0.3 is 5.32 Å². The highest BCUT2D eigenvalue weighted by atomic mass is 32.2. The molecule has 0 aliphatic heterocycles. The molecule has 0 saturated heterocycles. The summed E-state index contributed by atoms with van der Waals surface area (Å²) in [6.07, 6.45) is 0. The molecule has 0 aromatic heterocycles. The van der Waals surface area contributed by atoms with Crippen molar-refractivity contribution < 1.29 is 17.6 Å². The Morgan fingerprint density at radius 3 is 2.35 bits per heavy atom. The largest absolute Gasteiger partial charge is 0.355 e. The van der Waals surface area contributed by atoms with E-state index in [2.05, 4.69) is 10.0 Å². The molecular formula is C16H17FN2O3S. The molecule has 1 amide bonds. The highest BCUT2D eigenvalue weighted by Crippen LogP contribution is 2.22. The zero-order chi connectivity index (χ0) is 17.2. The number of halogens is 1. The second kappa shape index (κ2) is 6.37. The number of carbonyl (C=O) groups excluding carboxylic acids is 1. The summed E-state index contributed by atoms with van der Waals surface area (Å²) >= 11 is 0. The quantitative estimate of drug-likeness (QED) is 0.901. The number of benzene rings is 2. The van der Waals surface area contributed by atoms with E-state index in [1.165, 1.54) is 31.3 Å². The molecule has 0 fully saturated rings. The van der Waals surface area contributed by atoms with Crippen LogP contribution in [0.25, 0.3) is 0 Å². The topological polar surface area (TPSA) is 75.3 Å². The molecule has 0 saturated carbocycles. The van der Waals surface area contributed by atoms with Crippen molar-refractivity contribution in [1.29, 1.82) is 0 Å². The highest BCUT2D eigenvalue weighted by molar-refractivity contribution is 7.92. The lowest BCUT2D eigenvalue weighted by molar-refractivity contribution is 0.0963. The van der Waals surface area contributed by atoms with Gasteiger partial charge in [0.2, 0.25) is 0 Å². The molecule has 23 heavy (non-hydrogen) atoms. The first-order chi connectivity index (χ1) is 10.7. The van der Waals surface area contributed by atoms with Crippen LogP contribution in [0.1, 0.15) is 21.5 Å². The van der Waals surface area contributed by atoms with E-state index in [1.54, 1.807) is 19.9 Å². The van der Waals surface area contributed by atoms with Crippen molar-refractivity contribution in [2.24, 2.45) is 0 Å². The van der Waals surface area contributed by atoms with Crippen LogP contribution in [0.3, 0.4) is 0 Å². The molecule has 2 N–H and O–H groups in total. The molecule has 122 valence electrons. The average molecular weight is 336 g/mol. The Morgan fingerprint density at radius 2 is 1.78 bits per heavy atom. The third-order valence-corrected chi connectivity index (χ3v) is 4.63. The predicted octanol–water partition coefficient (Wildman–Crippen LogP) is 2.60. The van der Waals surface area contributed by atoms with Crippen molar-refractivity contribution in [3.05, 3.63) is 58.9 Å². The summed E-state index contributed by atoms with van der Waals surface area (Å²) in [5.74, 6) is -0.875. The maximum absolute atomic E-state index is 13.4. The number of aryl methyl sites for hydroxylation is 2. The number of hydrogen-bond donors (Lipinski definition) is 2. The number of rotatable bonds is 4. The van der Waals surface area contributed by atoms with Crippen LogP contribution < -0.4 is 10.0 Å². The minimum Gasteiger partial charge on any atom is -0.355 e. The van der Waals surface area contributed by atoms with Gasteiger partial charge in [-0.2, -0.15) is 0 Å². The van der Waals surface area contributed by atoms with Gasteiger partial charge in [-0.15, -0.1) is 0 Å². The Bertz CT molecular complexity index is 843. The van der Waals surface area contributed by atoms with Gasteiger partial charge in [0.1, 0.15) is 5.82 Å². The van der Waals surface area contributed by atoms with Gasteiger partial charge in [-0.25, -0.2) is 12.8 Å². The van der Waals surface area contributed by atoms with Crippen molar-refractivity contribution in [1.82, 2.24) is 5.32 Å². The molecule has 2 rings (SSSR count). The molecule has 2 aromatic carbocycles. The molecular weight excluding hydrogens is 319 g/mol. The Balaban J connectivity index is 2.35. The summed E-state index contributed by atoms with van der Waals surface area (Å²) < 4.78 is 40.6. The van der Waals surface area contributed by atoms with Gasteiger partial charge in [-0.1, -0.05) is 0 Å². The molecule has 5 nitrogen and oxygen atoms in total. The van der Waals surface area contributed by atoms with Gasteiger partial charge in [0.15, 0.2) is 0 Å². The molecule has 0 spiro atoms. The lowest BCUT2D eigenvalue weighted by atomic mass is 10.1.